The molecule has 5 nitrogen and oxygen atoms in total. The van der Waals surface area contributed by atoms with Crippen LogP contribution in [0.2, 0.25) is 0 Å². The van der Waals surface area contributed by atoms with Crippen LogP contribution in [0.25, 0.3) is 0 Å². The summed E-state index contributed by atoms with van der Waals surface area (Å²) >= 11 is 0. The van der Waals surface area contributed by atoms with Gasteiger partial charge in [-0.3, -0.25) is 0 Å². The van der Waals surface area contributed by atoms with Crippen LogP contribution in [-0.2, 0) is 10.0 Å². The molecule has 0 saturated carbocycles. The van der Waals surface area contributed by atoms with Crippen molar-refractivity contribution in [2.75, 3.05) is 6.54 Å². The zero-order chi connectivity index (χ0) is 13.8. The second-order valence-electron chi connectivity index (χ2n) is 3.30. The van der Waals surface area contributed by atoms with Crippen LogP contribution in [0.3, 0.4) is 0 Å². The van der Waals surface area contributed by atoms with Crippen molar-refractivity contribution in [1.82, 2.24) is 4.72 Å². The standard InChI is InChI=1S/C11H10FNO4S/c1-2-3-6-13-18(16,17)8-4-5-9(11(14)15)10(12)7-8/h1,4-5,7,13H,3,6H2,(H,14,15). The first-order chi connectivity index (χ1) is 8.38. The number of aromatic carboxylic acids is 1. The molecule has 0 fully saturated rings. The van der Waals surface area contributed by atoms with E-state index >= 15 is 0 Å². The highest BCUT2D eigenvalue weighted by Crippen LogP contribution is 2.14. The number of halogens is 1. The van der Waals surface area contributed by atoms with Gasteiger partial charge in [-0.2, -0.15) is 0 Å². The molecule has 1 aromatic rings. The lowest BCUT2D eigenvalue weighted by Crippen LogP contribution is -2.24. The first-order valence-corrected chi connectivity index (χ1v) is 6.33. The quantitative estimate of drug-likeness (QED) is 0.613. The number of hydrogen-bond donors (Lipinski definition) is 2. The fourth-order valence-corrected chi connectivity index (χ4v) is 2.22. The molecule has 0 aliphatic carbocycles. The molecule has 1 rings (SSSR count). The van der Waals surface area contributed by atoms with E-state index < -0.39 is 27.4 Å². The van der Waals surface area contributed by atoms with Gasteiger partial charge in [-0.1, -0.05) is 0 Å². The molecule has 0 bridgehead atoms. The number of nitrogens with one attached hydrogen (secondary N) is 1. The smallest absolute Gasteiger partial charge is 0.338 e. The summed E-state index contributed by atoms with van der Waals surface area (Å²) in [6, 6.07) is 2.57. The number of rotatable bonds is 5. The Balaban J connectivity index is 3.01. The zero-order valence-corrected chi connectivity index (χ0v) is 10.00. The Hall–Kier alpha value is -1.91. The van der Waals surface area contributed by atoms with Gasteiger partial charge >= 0.3 is 5.97 Å². The van der Waals surface area contributed by atoms with Gasteiger partial charge in [0.05, 0.1) is 10.5 Å². The van der Waals surface area contributed by atoms with E-state index in [0.717, 1.165) is 12.1 Å². The number of carboxylic acid groups (broad SMARTS) is 1. The molecule has 0 unspecified atom stereocenters. The predicted octanol–water partition coefficient (Wildman–Crippen LogP) is 0.825. The summed E-state index contributed by atoms with van der Waals surface area (Å²) in [5.74, 6) is -0.322. The van der Waals surface area contributed by atoms with Crippen LogP contribution in [0.5, 0.6) is 0 Å². The number of carbonyl (C=O) groups is 1. The minimum Gasteiger partial charge on any atom is -0.478 e. The van der Waals surface area contributed by atoms with Crippen molar-refractivity contribution in [3.63, 3.8) is 0 Å². The van der Waals surface area contributed by atoms with Crippen molar-refractivity contribution in [1.29, 1.82) is 0 Å². The van der Waals surface area contributed by atoms with Gasteiger partial charge in [-0.25, -0.2) is 22.3 Å². The van der Waals surface area contributed by atoms with E-state index in [1.165, 1.54) is 0 Å². The summed E-state index contributed by atoms with van der Waals surface area (Å²) in [5.41, 5.74) is -0.586. The highest BCUT2D eigenvalue weighted by Gasteiger charge is 2.17. The molecule has 0 aromatic heterocycles. The molecule has 18 heavy (non-hydrogen) atoms. The van der Waals surface area contributed by atoms with Crippen LogP contribution < -0.4 is 4.72 Å². The van der Waals surface area contributed by atoms with Crippen molar-refractivity contribution < 1.29 is 22.7 Å². The van der Waals surface area contributed by atoms with Gasteiger partial charge in [0.25, 0.3) is 0 Å². The van der Waals surface area contributed by atoms with E-state index in [4.69, 9.17) is 11.5 Å². The molecule has 0 aliphatic heterocycles. The number of carboxylic acids is 1. The van der Waals surface area contributed by atoms with Crippen molar-refractivity contribution in [3.05, 3.63) is 29.6 Å². The summed E-state index contributed by atoms with van der Waals surface area (Å²) in [6.07, 6.45) is 5.17. The second kappa shape index (κ2) is 5.62. The number of terminal acetylenes is 1. The van der Waals surface area contributed by atoms with Gasteiger partial charge in [0.2, 0.25) is 10.0 Å². The first kappa shape index (κ1) is 14.2. The third-order valence-electron chi connectivity index (χ3n) is 2.04. The molecule has 96 valence electrons. The van der Waals surface area contributed by atoms with Gasteiger partial charge in [0.1, 0.15) is 5.82 Å². The maximum atomic E-state index is 13.3. The zero-order valence-electron chi connectivity index (χ0n) is 9.18. The van der Waals surface area contributed by atoms with E-state index in [-0.39, 0.29) is 17.9 Å². The van der Waals surface area contributed by atoms with Gasteiger partial charge in [-0.05, 0) is 18.2 Å². The molecule has 0 heterocycles. The van der Waals surface area contributed by atoms with E-state index in [1.807, 2.05) is 0 Å². The fraction of sp³-hybridized carbons (Fsp3) is 0.182. The first-order valence-electron chi connectivity index (χ1n) is 4.84. The molecule has 0 amide bonds. The fourth-order valence-electron chi connectivity index (χ4n) is 1.18. The van der Waals surface area contributed by atoms with Crippen LogP contribution >= 0.6 is 0 Å². The van der Waals surface area contributed by atoms with Crippen LogP contribution in [0.4, 0.5) is 4.39 Å². The van der Waals surface area contributed by atoms with Crippen molar-refractivity contribution in [3.8, 4) is 12.3 Å². The van der Waals surface area contributed by atoms with Crippen LogP contribution in [0.15, 0.2) is 23.1 Å². The second-order valence-corrected chi connectivity index (χ2v) is 5.07. The Morgan fingerprint density at radius 3 is 2.67 bits per heavy atom. The Labute approximate surface area is 104 Å². The molecular formula is C11H10FNO4S. The van der Waals surface area contributed by atoms with Crippen molar-refractivity contribution in [2.24, 2.45) is 0 Å². The monoisotopic (exact) mass is 271 g/mol. The number of sulfonamides is 1. The third kappa shape index (κ3) is 3.29. The summed E-state index contributed by atoms with van der Waals surface area (Å²) in [6.45, 7) is 0.0289. The van der Waals surface area contributed by atoms with E-state index in [0.29, 0.717) is 6.07 Å². The summed E-state index contributed by atoms with van der Waals surface area (Å²) < 4.78 is 38.8. The lowest BCUT2D eigenvalue weighted by Gasteiger charge is -2.06. The van der Waals surface area contributed by atoms with Gasteiger partial charge < -0.3 is 5.11 Å². The molecule has 0 atom stereocenters. The van der Waals surface area contributed by atoms with Gasteiger partial charge in [0, 0.05) is 13.0 Å². The van der Waals surface area contributed by atoms with E-state index in [9.17, 15) is 17.6 Å². The van der Waals surface area contributed by atoms with E-state index in [1.54, 1.807) is 0 Å². The molecule has 0 radical (unpaired) electrons. The normalized spacial score (nSPS) is 10.9. The number of hydrogen-bond acceptors (Lipinski definition) is 3. The summed E-state index contributed by atoms with van der Waals surface area (Å²) in [4.78, 5) is 10.2. The maximum absolute atomic E-state index is 13.3. The van der Waals surface area contributed by atoms with Gasteiger partial charge in [0.15, 0.2) is 0 Å². The minimum absolute atomic E-state index is 0.0289. The molecule has 2 N–H and O–H groups in total. The van der Waals surface area contributed by atoms with Crippen molar-refractivity contribution in [2.45, 2.75) is 11.3 Å². The topological polar surface area (TPSA) is 83.5 Å². The largest absolute Gasteiger partial charge is 0.478 e. The van der Waals surface area contributed by atoms with Gasteiger partial charge in [-0.15, -0.1) is 12.3 Å². The Morgan fingerprint density at radius 2 is 2.17 bits per heavy atom. The number of benzene rings is 1. The molecular weight excluding hydrogens is 261 g/mol. The summed E-state index contributed by atoms with van der Waals surface area (Å²) in [7, 11) is -3.88. The van der Waals surface area contributed by atoms with E-state index in [2.05, 4.69) is 10.6 Å². The van der Waals surface area contributed by atoms with Crippen molar-refractivity contribution >= 4 is 16.0 Å². The minimum atomic E-state index is -3.88. The lowest BCUT2D eigenvalue weighted by atomic mass is 10.2. The molecule has 7 heteroatoms. The van der Waals surface area contributed by atoms with Crippen LogP contribution in [0, 0.1) is 18.2 Å². The third-order valence-corrected chi connectivity index (χ3v) is 3.50. The molecule has 0 saturated heterocycles. The SMILES string of the molecule is C#CCCNS(=O)(=O)c1ccc(C(=O)O)c(F)c1. The Kier molecular flexibility index (Phi) is 4.42. The van der Waals surface area contributed by atoms with Crippen LogP contribution in [0.1, 0.15) is 16.8 Å². The average Bonchev–Trinajstić information content (AvgIpc) is 2.28. The Morgan fingerprint density at radius 1 is 1.50 bits per heavy atom. The predicted molar refractivity (Wildman–Crippen MR) is 62.0 cm³/mol. The molecule has 1 aromatic carbocycles. The average molecular weight is 271 g/mol. The maximum Gasteiger partial charge on any atom is 0.338 e. The summed E-state index contributed by atoms with van der Waals surface area (Å²) in [5, 5.41) is 8.61. The highest BCUT2D eigenvalue weighted by atomic mass is 32.2. The Bertz CT molecular complexity index is 604. The molecule has 0 spiro atoms. The lowest BCUT2D eigenvalue weighted by molar-refractivity contribution is 0.0691. The van der Waals surface area contributed by atoms with Crippen LogP contribution in [-0.4, -0.2) is 26.0 Å². The molecule has 0 aliphatic rings. The highest BCUT2D eigenvalue weighted by molar-refractivity contribution is 7.89.